The van der Waals surface area contributed by atoms with Gasteiger partial charge in [0.15, 0.2) is 0 Å². The van der Waals surface area contributed by atoms with Crippen LogP contribution in [-0.4, -0.2) is 32.4 Å². The number of carboxylic acids is 1. The van der Waals surface area contributed by atoms with E-state index in [9.17, 15) is 23.1 Å². The average molecular weight is 416 g/mol. The lowest BCUT2D eigenvalue weighted by Crippen LogP contribution is -2.14. The van der Waals surface area contributed by atoms with Crippen LogP contribution in [0.5, 0.6) is 0 Å². The molecular weight excluding hydrogens is 397 g/mol. The van der Waals surface area contributed by atoms with Crippen molar-refractivity contribution in [2.75, 3.05) is 6.54 Å². The standard InChI is InChI=1S/C21H19F3N4O2/c22-21(23,24)14-4-1-3-12(9-14)17-10-16-13(11-26-17)5-6-15-18(16)27-28(8-2-7-25)19(15)20(29)30/h1,3-4,9-11H,2,5-8,25H2,(H,29,30). The second kappa shape index (κ2) is 7.56. The molecule has 3 N–H and O–H groups in total. The first-order chi connectivity index (χ1) is 14.3. The predicted octanol–water partition coefficient (Wildman–Crippen LogP) is 3.78. The number of rotatable bonds is 5. The Morgan fingerprint density at radius 2 is 2.03 bits per heavy atom. The molecule has 0 amide bonds. The number of alkyl halides is 3. The molecule has 1 aliphatic rings. The maximum atomic E-state index is 13.1. The number of pyridine rings is 1. The second-order valence-corrected chi connectivity index (χ2v) is 7.15. The fourth-order valence-corrected chi connectivity index (χ4v) is 3.77. The molecule has 0 saturated carbocycles. The number of halogens is 3. The zero-order valence-electron chi connectivity index (χ0n) is 15.9. The maximum absolute atomic E-state index is 13.1. The summed E-state index contributed by atoms with van der Waals surface area (Å²) in [5.74, 6) is -1.06. The number of carbonyl (C=O) groups is 1. The van der Waals surface area contributed by atoms with E-state index in [-0.39, 0.29) is 5.69 Å². The van der Waals surface area contributed by atoms with Gasteiger partial charge >= 0.3 is 12.1 Å². The average Bonchev–Trinajstić information content (AvgIpc) is 3.10. The third-order valence-electron chi connectivity index (χ3n) is 5.20. The Bertz CT molecular complexity index is 1120. The fourth-order valence-electron chi connectivity index (χ4n) is 3.77. The van der Waals surface area contributed by atoms with Crippen molar-refractivity contribution in [3.8, 4) is 22.5 Å². The molecule has 0 atom stereocenters. The maximum Gasteiger partial charge on any atom is 0.416 e. The molecular formula is C21H19F3N4O2. The van der Waals surface area contributed by atoms with E-state index in [1.807, 2.05) is 0 Å². The Hall–Kier alpha value is -3.20. The van der Waals surface area contributed by atoms with Gasteiger partial charge in [0.25, 0.3) is 0 Å². The highest BCUT2D eigenvalue weighted by Crippen LogP contribution is 2.37. The van der Waals surface area contributed by atoms with E-state index in [0.717, 1.165) is 17.7 Å². The summed E-state index contributed by atoms with van der Waals surface area (Å²) < 4.78 is 40.7. The minimum Gasteiger partial charge on any atom is -0.477 e. The van der Waals surface area contributed by atoms with Gasteiger partial charge < -0.3 is 10.8 Å². The third kappa shape index (κ3) is 3.56. The summed E-state index contributed by atoms with van der Waals surface area (Å²) in [6.45, 7) is 0.788. The molecule has 0 spiro atoms. The van der Waals surface area contributed by atoms with E-state index in [1.165, 1.54) is 10.7 Å². The molecule has 156 valence electrons. The van der Waals surface area contributed by atoms with Gasteiger partial charge in [-0.25, -0.2) is 4.79 Å². The molecule has 0 bridgehead atoms. The zero-order valence-corrected chi connectivity index (χ0v) is 15.9. The second-order valence-electron chi connectivity index (χ2n) is 7.15. The van der Waals surface area contributed by atoms with Crippen molar-refractivity contribution in [2.45, 2.75) is 32.0 Å². The van der Waals surface area contributed by atoms with E-state index < -0.39 is 17.7 Å². The number of fused-ring (bicyclic) bond motifs is 3. The van der Waals surface area contributed by atoms with Gasteiger partial charge in [0.2, 0.25) is 0 Å². The number of hydrogen-bond donors (Lipinski definition) is 2. The lowest BCUT2D eigenvalue weighted by molar-refractivity contribution is -0.137. The Labute approximate surface area is 170 Å². The van der Waals surface area contributed by atoms with Crippen molar-refractivity contribution < 1.29 is 23.1 Å². The van der Waals surface area contributed by atoms with Crippen LogP contribution < -0.4 is 5.73 Å². The smallest absolute Gasteiger partial charge is 0.416 e. The van der Waals surface area contributed by atoms with Gasteiger partial charge in [0.05, 0.1) is 17.0 Å². The molecule has 9 heteroatoms. The Kier molecular flexibility index (Phi) is 5.07. The molecule has 30 heavy (non-hydrogen) atoms. The SMILES string of the molecule is NCCCn1nc2c(c1C(=O)O)CCc1cnc(-c3cccc(C(F)(F)F)c3)cc1-2. The Morgan fingerprint density at radius 3 is 2.73 bits per heavy atom. The first kappa shape index (κ1) is 20.1. The molecule has 0 radical (unpaired) electrons. The summed E-state index contributed by atoms with van der Waals surface area (Å²) in [5, 5.41) is 14.2. The lowest BCUT2D eigenvalue weighted by Gasteiger charge is -2.16. The molecule has 0 saturated heterocycles. The number of aromatic carboxylic acids is 1. The van der Waals surface area contributed by atoms with Crippen LogP contribution >= 0.6 is 0 Å². The number of benzene rings is 1. The summed E-state index contributed by atoms with van der Waals surface area (Å²) in [6.07, 6.45) is -1.14. The molecule has 4 rings (SSSR count). The Morgan fingerprint density at radius 1 is 1.23 bits per heavy atom. The van der Waals surface area contributed by atoms with Crippen LogP contribution in [-0.2, 0) is 25.6 Å². The van der Waals surface area contributed by atoms with E-state index in [4.69, 9.17) is 5.73 Å². The first-order valence-electron chi connectivity index (χ1n) is 9.49. The normalized spacial score (nSPS) is 13.1. The highest BCUT2D eigenvalue weighted by molar-refractivity contribution is 5.91. The number of carboxylic acid groups (broad SMARTS) is 1. The van der Waals surface area contributed by atoms with Crippen LogP contribution in [0.15, 0.2) is 36.5 Å². The molecule has 2 aromatic heterocycles. The number of hydrogen-bond acceptors (Lipinski definition) is 4. The molecule has 0 unspecified atom stereocenters. The van der Waals surface area contributed by atoms with Crippen molar-refractivity contribution in [2.24, 2.45) is 5.73 Å². The number of aromatic nitrogens is 3. The van der Waals surface area contributed by atoms with Gasteiger partial charge in [0.1, 0.15) is 5.69 Å². The minimum absolute atomic E-state index is 0.140. The van der Waals surface area contributed by atoms with E-state index in [0.29, 0.717) is 60.4 Å². The minimum atomic E-state index is -4.45. The van der Waals surface area contributed by atoms with Gasteiger partial charge in [-0.15, -0.1) is 0 Å². The van der Waals surface area contributed by atoms with Gasteiger partial charge in [-0.2, -0.15) is 18.3 Å². The van der Waals surface area contributed by atoms with Crippen LogP contribution in [0.4, 0.5) is 13.2 Å². The summed E-state index contributed by atoms with van der Waals surface area (Å²) >= 11 is 0. The largest absolute Gasteiger partial charge is 0.477 e. The lowest BCUT2D eigenvalue weighted by atomic mass is 9.89. The van der Waals surface area contributed by atoms with Crippen molar-refractivity contribution in [3.63, 3.8) is 0 Å². The van der Waals surface area contributed by atoms with Crippen LogP contribution in [0.3, 0.4) is 0 Å². The summed E-state index contributed by atoms with van der Waals surface area (Å²) in [7, 11) is 0. The van der Waals surface area contributed by atoms with Crippen molar-refractivity contribution in [1.82, 2.24) is 14.8 Å². The van der Waals surface area contributed by atoms with Crippen LogP contribution in [0.2, 0.25) is 0 Å². The zero-order chi connectivity index (χ0) is 21.5. The summed E-state index contributed by atoms with van der Waals surface area (Å²) in [6, 6.07) is 6.67. The quantitative estimate of drug-likeness (QED) is 0.660. The molecule has 1 aliphatic carbocycles. The number of nitrogens with two attached hydrogens (primary N) is 1. The monoisotopic (exact) mass is 416 g/mol. The fraction of sp³-hybridized carbons (Fsp3) is 0.286. The first-order valence-corrected chi connectivity index (χ1v) is 9.49. The molecule has 3 aromatic rings. The number of aryl methyl sites for hydroxylation is 2. The van der Waals surface area contributed by atoms with E-state index >= 15 is 0 Å². The van der Waals surface area contributed by atoms with Gasteiger partial charge in [-0.3, -0.25) is 9.67 Å². The van der Waals surface area contributed by atoms with Crippen LogP contribution in [0, 0.1) is 0 Å². The van der Waals surface area contributed by atoms with E-state index in [1.54, 1.807) is 18.3 Å². The van der Waals surface area contributed by atoms with Crippen molar-refractivity contribution in [1.29, 1.82) is 0 Å². The highest BCUT2D eigenvalue weighted by atomic mass is 19.4. The van der Waals surface area contributed by atoms with Crippen LogP contribution in [0.1, 0.15) is 33.6 Å². The van der Waals surface area contributed by atoms with E-state index in [2.05, 4.69) is 10.1 Å². The third-order valence-corrected chi connectivity index (χ3v) is 5.20. The van der Waals surface area contributed by atoms with Crippen molar-refractivity contribution in [3.05, 3.63) is 58.9 Å². The van der Waals surface area contributed by atoms with Gasteiger partial charge in [-0.05, 0) is 49.6 Å². The topological polar surface area (TPSA) is 94.0 Å². The number of nitrogens with zero attached hydrogens (tertiary/aromatic N) is 3. The highest BCUT2D eigenvalue weighted by Gasteiger charge is 2.31. The molecule has 0 aliphatic heterocycles. The Balaban J connectivity index is 1.82. The summed E-state index contributed by atoms with van der Waals surface area (Å²) in [5.41, 5.74) is 8.42. The summed E-state index contributed by atoms with van der Waals surface area (Å²) in [4.78, 5) is 16.2. The molecule has 0 fully saturated rings. The molecule has 1 aromatic carbocycles. The molecule has 2 heterocycles. The predicted molar refractivity (Wildman–Crippen MR) is 104 cm³/mol. The van der Waals surface area contributed by atoms with Crippen molar-refractivity contribution >= 4 is 5.97 Å². The van der Waals surface area contributed by atoms with Gasteiger partial charge in [-0.1, -0.05) is 12.1 Å². The van der Waals surface area contributed by atoms with Crippen LogP contribution in [0.25, 0.3) is 22.5 Å². The molecule has 6 nitrogen and oxygen atoms in total. The van der Waals surface area contributed by atoms with Gasteiger partial charge in [0, 0.05) is 29.4 Å².